The molecule has 0 aromatic carbocycles. The molecule has 0 heterocycles. The summed E-state index contributed by atoms with van der Waals surface area (Å²) in [4.78, 5) is 73.4. The van der Waals surface area contributed by atoms with Gasteiger partial charge in [0.05, 0.1) is 26.4 Å². The van der Waals surface area contributed by atoms with Crippen LogP contribution < -0.4 is 0 Å². The molecule has 3 unspecified atom stereocenters. The lowest BCUT2D eigenvalue weighted by molar-refractivity contribution is -0.161. The van der Waals surface area contributed by atoms with Gasteiger partial charge in [-0.3, -0.25) is 37.3 Å². The van der Waals surface area contributed by atoms with E-state index in [0.29, 0.717) is 25.7 Å². The van der Waals surface area contributed by atoms with Crippen molar-refractivity contribution in [2.24, 2.45) is 23.7 Å². The van der Waals surface area contributed by atoms with Crippen molar-refractivity contribution < 1.29 is 80.2 Å². The van der Waals surface area contributed by atoms with Crippen molar-refractivity contribution in [2.45, 2.75) is 504 Å². The minimum absolute atomic E-state index is 0.107. The maximum absolute atomic E-state index is 13.2. The fourth-order valence-electron chi connectivity index (χ4n) is 14.3. The summed E-state index contributed by atoms with van der Waals surface area (Å²) < 4.78 is 69.1. The Labute approximate surface area is 683 Å². The van der Waals surface area contributed by atoms with Gasteiger partial charge in [-0.1, -0.05) is 434 Å². The molecule has 0 saturated heterocycles. The first kappa shape index (κ1) is 109. The molecule has 0 amide bonds. The zero-order valence-electron chi connectivity index (χ0n) is 73.6. The second-order valence-electron chi connectivity index (χ2n) is 34.7. The predicted molar refractivity (Wildman–Crippen MR) is 460 cm³/mol. The summed E-state index contributed by atoms with van der Waals surface area (Å²) in [6.07, 6.45) is 72.4. The molecule has 0 fully saturated rings. The molecule has 0 aliphatic rings. The van der Waals surface area contributed by atoms with E-state index in [-0.39, 0.29) is 25.7 Å². The normalized spacial score (nSPS) is 14.1. The van der Waals surface area contributed by atoms with E-state index in [1.165, 1.54) is 283 Å². The Bertz CT molecular complexity index is 2150. The lowest BCUT2D eigenvalue weighted by atomic mass is 10.00. The number of carbonyl (C=O) groups excluding carboxylic acids is 4. The Morgan fingerprint density at radius 1 is 0.252 bits per heavy atom. The third kappa shape index (κ3) is 84.3. The summed E-state index contributed by atoms with van der Waals surface area (Å²) in [5, 5.41) is 10.7. The van der Waals surface area contributed by atoms with Crippen LogP contribution in [0.1, 0.15) is 486 Å². The van der Waals surface area contributed by atoms with Crippen LogP contribution in [0.3, 0.4) is 0 Å². The molecule has 0 aromatic rings. The zero-order valence-corrected chi connectivity index (χ0v) is 75.4. The average molecular weight is 1620 g/mol. The molecule has 660 valence electrons. The summed E-state index contributed by atoms with van der Waals surface area (Å²) >= 11 is 0. The van der Waals surface area contributed by atoms with Crippen LogP contribution in [0.15, 0.2) is 0 Å². The fraction of sp³-hybridized carbons (Fsp3) is 0.957. The van der Waals surface area contributed by atoms with Crippen LogP contribution in [0.4, 0.5) is 0 Å². The first-order chi connectivity index (χ1) is 53.6. The Morgan fingerprint density at radius 3 is 0.640 bits per heavy atom. The van der Waals surface area contributed by atoms with Crippen LogP contribution in [-0.4, -0.2) is 96.7 Å². The molecule has 0 saturated carbocycles. The first-order valence-electron chi connectivity index (χ1n) is 47.2. The van der Waals surface area contributed by atoms with Gasteiger partial charge < -0.3 is 33.8 Å². The maximum atomic E-state index is 13.2. The van der Waals surface area contributed by atoms with Gasteiger partial charge >= 0.3 is 39.5 Å². The van der Waals surface area contributed by atoms with Crippen LogP contribution in [0.2, 0.25) is 0 Å². The van der Waals surface area contributed by atoms with Crippen LogP contribution in [0.25, 0.3) is 0 Å². The molecule has 0 radical (unpaired) electrons. The third-order valence-electron chi connectivity index (χ3n) is 21.9. The van der Waals surface area contributed by atoms with Gasteiger partial charge in [-0.2, -0.15) is 0 Å². The average Bonchev–Trinajstić information content (AvgIpc) is 0.898. The zero-order chi connectivity index (χ0) is 81.6. The lowest BCUT2D eigenvalue weighted by Crippen LogP contribution is -2.30. The number of aliphatic hydroxyl groups excluding tert-OH is 1. The van der Waals surface area contributed by atoms with E-state index in [0.717, 1.165) is 120 Å². The Morgan fingerprint density at radius 2 is 0.432 bits per heavy atom. The number of ether oxygens (including phenoxy) is 4. The van der Waals surface area contributed by atoms with Crippen LogP contribution in [-0.2, 0) is 65.4 Å². The van der Waals surface area contributed by atoms with Crippen LogP contribution >= 0.6 is 15.6 Å². The van der Waals surface area contributed by atoms with Gasteiger partial charge in [-0.15, -0.1) is 0 Å². The number of hydrogen-bond acceptors (Lipinski definition) is 15. The highest BCUT2D eigenvalue weighted by atomic mass is 31.2. The van der Waals surface area contributed by atoms with E-state index < -0.39 is 97.5 Å². The summed E-state index contributed by atoms with van der Waals surface area (Å²) in [5.41, 5.74) is 0. The molecule has 19 heteroatoms. The molecule has 0 bridgehead atoms. The van der Waals surface area contributed by atoms with Gasteiger partial charge in [0.25, 0.3) is 0 Å². The van der Waals surface area contributed by atoms with E-state index >= 15 is 0 Å². The van der Waals surface area contributed by atoms with Crippen molar-refractivity contribution in [3.8, 4) is 0 Å². The van der Waals surface area contributed by atoms with Crippen molar-refractivity contribution in [2.75, 3.05) is 39.6 Å². The summed E-state index contributed by atoms with van der Waals surface area (Å²) in [5.74, 6) is 1.08. The Kier molecular flexibility index (Phi) is 79.1. The van der Waals surface area contributed by atoms with E-state index in [9.17, 15) is 43.2 Å². The summed E-state index contributed by atoms with van der Waals surface area (Å²) in [6.45, 7) is 14.4. The van der Waals surface area contributed by atoms with Gasteiger partial charge in [0.1, 0.15) is 19.3 Å². The number of phosphoric ester groups is 2. The molecule has 0 aliphatic carbocycles. The van der Waals surface area contributed by atoms with Gasteiger partial charge in [-0.05, 0) is 49.4 Å². The lowest BCUT2D eigenvalue weighted by Gasteiger charge is -2.21. The highest BCUT2D eigenvalue weighted by molar-refractivity contribution is 7.47. The Balaban J connectivity index is 5.22. The predicted octanol–water partition coefficient (Wildman–Crippen LogP) is 28.3. The Hall–Kier alpha value is -1.94. The van der Waals surface area contributed by atoms with E-state index in [4.69, 9.17) is 37.0 Å². The molecule has 111 heavy (non-hydrogen) atoms. The van der Waals surface area contributed by atoms with Gasteiger partial charge in [-0.25, -0.2) is 9.13 Å². The number of phosphoric acid groups is 2. The minimum atomic E-state index is -4.97. The third-order valence-corrected chi connectivity index (χ3v) is 23.8. The van der Waals surface area contributed by atoms with Crippen molar-refractivity contribution in [1.29, 1.82) is 0 Å². The second kappa shape index (κ2) is 80.5. The smallest absolute Gasteiger partial charge is 0.462 e. The molecule has 17 nitrogen and oxygen atoms in total. The van der Waals surface area contributed by atoms with E-state index in [1.54, 1.807) is 0 Å². The molecule has 6 atom stereocenters. The molecule has 0 spiro atoms. The number of rotatable bonds is 89. The largest absolute Gasteiger partial charge is 0.472 e. The molecular formula is C92H180O17P2. The van der Waals surface area contributed by atoms with Gasteiger partial charge in [0.2, 0.25) is 0 Å². The maximum Gasteiger partial charge on any atom is 0.472 e. The van der Waals surface area contributed by atoms with E-state index in [1.807, 2.05) is 0 Å². The second-order valence-corrected chi connectivity index (χ2v) is 37.6. The van der Waals surface area contributed by atoms with Crippen LogP contribution in [0.5, 0.6) is 0 Å². The highest BCUT2D eigenvalue weighted by Crippen LogP contribution is 2.45. The van der Waals surface area contributed by atoms with E-state index in [2.05, 4.69) is 55.4 Å². The fourth-order valence-corrected chi connectivity index (χ4v) is 15.9. The SMILES string of the molecule is CCC(C)CCCCCCCCC(=O)OC[C@H](COP(=O)(O)OC[C@H](O)COP(=O)(O)OC[C@@H](COC(=O)CCCCCCCCCCCCCCCCCCCCC(C)C)OC(=O)CCCCCCCCCCCCCCCCCCCCC(C)C)OC(=O)CCCCCCCCCCCCCCCCCCC(C)C. The van der Waals surface area contributed by atoms with Crippen molar-refractivity contribution in [3.05, 3.63) is 0 Å². The first-order valence-corrected chi connectivity index (χ1v) is 50.2. The molecular weight excluding hydrogens is 1440 g/mol. The summed E-state index contributed by atoms with van der Waals surface area (Å²) in [6, 6.07) is 0. The van der Waals surface area contributed by atoms with Crippen molar-refractivity contribution in [1.82, 2.24) is 0 Å². The summed E-state index contributed by atoms with van der Waals surface area (Å²) in [7, 11) is -9.94. The molecule has 0 rings (SSSR count). The van der Waals surface area contributed by atoms with Crippen molar-refractivity contribution >= 4 is 39.5 Å². The highest BCUT2D eigenvalue weighted by Gasteiger charge is 2.31. The topological polar surface area (TPSA) is 237 Å². The molecule has 0 aliphatic heterocycles. The monoisotopic (exact) mass is 1620 g/mol. The van der Waals surface area contributed by atoms with Gasteiger partial charge in [0.15, 0.2) is 12.2 Å². The standard InChI is InChI=1S/C92H180O17P2/c1-9-85(8)71-63-55-50-51-57-65-73-90(95)103-79-88(109-92(97)75-67-59-49-43-37-31-25-19-18-22-28-34-40-46-54-62-70-84(6)7)81-107-111(100,101)105-77-86(93)76-104-110(98,99)106-80-87(108-91(96)74-66-58-48-42-36-30-24-17-13-11-15-21-27-33-39-45-53-61-69-83(4)5)78-102-89(94)72-64-56-47-41-35-29-23-16-12-10-14-20-26-32-38-44-52-60-68-82(2)3/h82-88,93H,9-81H2,1-8H3,(H,98,99)(H,100,101)/t85?,86-,87-,88-/m1/s1. The van der Waals surface area contributed by atoms with Crippen LogP contribution in [0, 0.1) is 23.7 Å². The molecule has 3 N–H and O–H groups in total. The molecule has 0 aromatic heterocycles. The van der Waals surface area contributed by atoms with Gasteiger partial charge in [0, 0.05) is 25.7 Å². The number of unbranched alkanes of at least 4 members (excludes halogenated alkanes) is 54. The quantitative estimate of drug-likeness (QED) is 0.0222. The van der Waals surface area contributed by atoms with Crippen molar-refractivity contribution in [3.63, 3.8) is 0 Å². The number of aliphatic hydroxyl groups is 1. The number of carbonyl (C=O) groups is 4. The number of hydrogen-bond donors (Lipinski definition) is 3. The minimum Gasteiger partial charge on any atom is -0.462 e. The number of esters is 4.